The first kappa shape index (κ1) is 15.5. The van der Waals surface area contributed by atoms with Crippen molar-refractivity contribution >= 4 is 21.6 Å². The van der Waals surface area contributed by atoms with E-state index >= 15 is 0 Å². The van der Waals surface area contributed by atoms with E-state index in [1.165, 1.54) is 0 Å². The summed E-state index contributed by atoms with van der Waals surface area (Å²) in [6.45, 7) is 3.17. The third-order valence-electron chi connectivity index (χ3n) is 2.94. The number of anilines is 1. The van der Waals surface area contributed by atoms with Crippen molar-refractivity contribution in [1.29, 1.82) is 0 Å². The van der Waals surface area contributed by atoms with Gasteiger partial charge in [-0.1, -0.05) is 0 Å². The van der Waals surface area contributed by atoms with Crippen molar-refractivity contribution in [3.63, 3.8) is 0 Å². The summed E-state index contributed by atoms with van der Waals surface area (Å²) in [5.41, 5.74) is 2.01. The molecule has 0 aromatic heterocycles. The number of aromatic hydroxyl groups is 1. The molecule has 0 heterocycles. The summed E-state index contributed by atoms with van der Waals surface area (Å²) in [5.74, 6) is 1.67. The van der Waals surface area contributed by atoms with E-state index in [-0.39, 0.29) is 5.75 Å². The zero-order valence-corrected chi connectivity index (χ0v) is 13.6. The van der Waals surface area contributed by atoms with Gasteiger partial charge in [-0.25, -0.2) is 0 Å². The topological polar surface area (TPSA) is 50.7 Å². The van der Waals surface area contributed by atoms with Crippen molar-refractivity contribution in [3.05, 3.63) is 46.4 Å². The molecular formula is C16H18BrNO3. The van der Waals surface area contributed by atoms with Crippen molar-refractivity contribution in [2.45, 2.75) is 13.5 Å². The summed E-state index contributed by atoms with van der Waals surface area (Å²) in [6, 6.07) is 10.9. The van der Waals surface area contributed by atoms with E-state index in [1.807, 2.05) is 31.2 Å². The number of hydrogen-bond acceptors (Lipinski definition) is 4. The zero-order chi connectivity index (χ0) is 15.2. The fourth-order valence-electron chi connectivity index (χ4n) is 1.97. The van der Waals surface area contributed by atoms with Crippen LogP contribution in [0.2, 0.25) is 0 Å². The van der Waals surface area contributed by atoms with Crippen LogP contribution in [0.3, 0.4) is 0 Å². The van der Waals surface area contributed by atoms with Gasteiger partial charge < -0.3 is 19.9 Å². The second-order valence-corrected chi connectivity index (χ2v) is 5.30. The number of hydrogen-bond donors (Lipinski definition) is 2. The standard InChI is InChI=1S/C16H18BrNO3/c1-3-21-15-9-11(8-14(17)16(15)20-2)10-18-12-4-6-13(19)7-5-12/h4-9,18-19H,3,10H2,1-2H3. The molecule has 0 unspecified atom stereocenters. The number of nitrogens with one attached hydrogen (secondary N) is 1. The lowest BCUT2D eigenvalue weighted by molar-refractivity contribution is 0.309. The Balaban J connectivity index is 2.14. The third kappa shape index (κ3) is 4.04. The van der Waals surface area contributed by atoms with Crippen LogP contribution in [-0.2, 0) is 6.54 Å². The highest BCUT2D eigenvalue weighted by molar-refractivity contribution is 9.10. The molecule has 112 valence electrons. The number of halogens is 1. The van der Waals surface area contributed by atoms with Gasteiger partial charge in [0.2, 0.25) is 0 Å². The highest BCUT2D eigenvalue weighted by atomic mass is 79.9. The minimum Gasteiger partial charge on any atom is -0.508 e. The molecule has 0 aliphatic carbocycles. The number of phenolic OH excluding ortho intramolecular Hbond substituents is 1. The molecule has 0 aliphatic heterocycles. The summed E-state index contributed by atoms with van der Waals surface area (Å²) in [4.78, 5) is 0. The lowest BCUT2D eigenvalue weighted by atomic mass is 10.2. The highest BCUT2D eigenvalue weighted by Crippen LogP contribution is 2.36. The second kappa shape index (κ2) is 7.22. The maximum Gasteiger partial charge on any atom is 0.174 e. The summed E-state index contributed by atoms with van der Waals surface area (Å²) in [5, 5.41) is 12.6. The summed E-state index contributed by atoms with van der Waals surface area (Å²) in [6.07, 6.45) is 0. The molecule has 5 heteroatoms. The molecule has 2 aromatic carbocycles. The molecule has 2 rings (SSSR count). The Morgan fingerprint density at radius 2 is 1.90 bits per heavy atom. The largest absolute Gasteiger partial charge is 0.508 e. The van der Waals surface area contributed by atoms with Crippen molar-refractivity contribution in [2.24, 2.45) is 0 Å². The molecule has 0 radical (unpaired) electrons. The number of phenols is 1. The van der Waals surface area contributed by atoms with E-state index < -0.39 is 0 Å². The van der Waals surface area contributed by atoms with E-state index in [2.05, 4.69) is 21.2 Å². The molecular weight excluding hydrogens is 334 g/mol. The molecule has 2 aromatic rings. The molecule has 0 saturated heterocycles. The third-order valence-corrected chi connectivity index (χ3v) is 3.53. The van der Waals surface area contributed by atoms with Crippen molar-refractivity contribution < 1.29 is 14.6 Å². The van der Waals surface area contributed by atoms with Gasteiger partial charge in [-0.05, 0) is 64.8 Å². The highest BCUT2D eigenvalue weighted by Gasteiger charge is 2.11. The number of benzene rings is 2. The van der Waals surface area contributed by atoms with Gasteiger partial charge in [0.1, 0.15) is 5.75 Å². The van der Waals surface area contributed by atoms with Gasteiger partial charge in [0.25, 0.3) is 0 Å². The van der Waals surface area contributed by atoms with E-state index in [0.29, 0.717) is 18.9 Å². The molecule has 0 atom stereocenters. The first-order chi connectivity index (χ1) is 10.1. The first-order valence-corrected chi connectivity index (χ1v) is 7.45. The fraction of sp³-hybridized carbons (Fsp3) is 0.250. The molecule has 0 spiro atoms. The summed E-state index contributed by atoms with van der Waals surface area (Å²) in [7, 11) is 1.62. The zero-order valence-electron chi connectivity index (χ0n) is 12.0. The van der Waals surface area contributed by atoms with E-state index in [4.69, 9.17) is 9.47 Å². The van der Waals surface area contributed by atoms with Crippen LogP contribution in [0.1, 0.15) is 12.5 Å². The van der Waals surface area contributed by atoms with Crippen LogP contribution in [0.5, 0.6) is 17.2 Å². The Kier molecular flexibility index (Phi) is 5.33. The van der Waals surface area contributed by atoms with Crippen LogP contribution < -0.4 is 14.8 Å². The van der Waals surface area contributed by atoms with Crippen LogP contribution in [0.25, 0.3) is 0 Å². The molecule has 0 saturated carbocycles. The number of rotatable bonds is 6. The maximum absolute atomic E-state index is 9.27. The lowest BCUT2D eigenvalue weighted by Crippen LogP contribution is -2.02. The number of ether oxygens (including phenoxy) is 2. The molecule has 0 fully saturated rings. The molecule has 2 N–H and O–H groups in total. The predicted molar refractivity (Wildman–Crippen MR) is 87.3 cm³/mol. The van der Waals surface area contributed by atoms with Gasteiger partial charge in [-0.2, -0.15) is 0 Å². The molecule has 0 bridgehead atoms. The molecule has 0 aliphatic rings. The van der Waals surface area contributed by atoms with Crippen molar-refractivity contribution in [2.75, 3.05) is 19.0 Å². The Morgan fingerprint density at radius 1 is 1.19 bits per heavy atom. The van der Waals surface area contributed by atoms with Gasteiger partial charge >= 0.3 is 0 Å². The smallest absolute Gasteiger partial charge is 0.174 e. The Bertz CT molecular complexity index is 599. The summed E-state index contributed by atoms with van der Waals surface area (Å²) < 4.78 is 11.8. The monoisotopic (exact) mass is 351 g/mol. The van der Waals surface area contributed by atoms with Gasteiger partial charge in [0, 0.05) is 12.2 Å². The van der Waals surface area contributed by atoms with E-state index in [0.717, 1.165) is 21.5 Å². The SMILES string of the molecule is CCOc1cc(CNc2ccc(O)cc2)cc(Br)c1OC. The van der Waals surface area contributed by atoms with Gasteiger partial charge in [-0.15, -0.1) is 0 Å². The van der Waals surface area contributed by atoms with Gasteiger partial charge in [0.05, 0.1) is 18.2 Å². The van der Waals surface area contributed by atoms with Crippen molar-refractivity contribution in [1.82, 2.24) is 0 Å². The maximum atomic E-state index is 9.27. The number of methoxy groups -OCH3 is 1. The average molecular weight is 352 g/mol. The summed E-state index contributed by atoms with van der Waals surface area (Å²) >= 11 is 3.50. The Hall–Kier alpha value is -1.88. The van der Waals surface area contributed by atoms with Crippen LogP contribution in [0, 0.1) is 0 Å². The average Bonchev–Trinajstić information content (AvgIpc) is 2.47. The Labute approximate surface area is 132 Å². The lowest BCUT2D eigenvalue weighted by Gasteiger charge is -2.14. The molecule has 21 heavy (non-hydrogen) atoms. The van der Waals surface area contributed by atoms with E-state index in [9.17, 15) is 5.11 Å². The van der Waals surface area contributed by atoms with Crippen molar-refractivity contribution in [3.8, 4) is 17.2 Å². The quantitative estimate of drug-likeness (QED) is 0.766. The van der Waals surface area contributed by atoms with Crippen LogP contribution in [-0.4, -0.2) is 18.8 Å². The second-order valence-electron chi connectivity index (χ2n) is 4.44. The van der Waals surface area contributed by atoms with Crippen LogP contribution in [0.15, 0.2) is 40.9 Å². The fourth-order valence-corrected chi connectivity index (χ4v) is 2.62. The first-order valence-electron chi connectivity index (χ1n) is 6.66. The predicted octanol–water partition coefficient (Wildman–Crippen LogP) is 4.17. The minimum absolute atomic E-state index is 0.256. The molecule has 4 nitrogen and oxygen atoms in total. The van der Waals surface area contributed by atoms with Crippen LogP contribution >= 0.6 is 15.9 Å². The Morgan fingerprint density at radius 3 is 2.52 bits per heavy atom. The minimum atomic E-state index is 0.256. The van der Waals surface area contributed by atoms with Crippen LogP contribution in [0.4, 0.5) is 5.69 Å². The van der Waals surface area contributed by atoms with Gasteiger partial charge in [-0.3, -0.25) is 0 Å². The normalized spacial score (nSPS) is 10.2. The van der Waals surface area contributed by atoms with E-state index in [1.54, 1.807) is 19.2 Å². The van der Waals surface area contributed by atoms with Gasteiger partial charge in [0.15, 0.2) is 11.5 Å². The molecule has 0 amide bonds.